The number of amides is 1. The van der Waals surface area contributed by atoms with Crippen molar-refractivity contribution >= 4 is 11.9 Å². The van der Waals surface area contributed by atoms with Crippen molar-refractivity contribution in [2.75, 3.05) is 26.3 Å². The zero-order valence-electron chi connectivity index (χ0n) is 11.7. The molecule has 110 valence electrons. The molecule has 1 unspecified atom stereocenters. The van der Waals surface area contributed by atoms with Crippen molar-refractivity contribution in [3.8, 4) is 0 Å². The molecule has 1 aliphatic rings. The normalized spacial score (nSPS) is 19.7. The van der Waals surface area contributed by atoms with Crippen LogP contribution in [-0.4, -0.2) is 54.2 Å². The summed E-state index contributed by atoms with van der Waals surface area (Å²) in [5.74, 6) is -0.929. The SMILES string of the molecule is CCN(C(=O)C1(CN)CCOCC1)C(C)CC(=O)O. The second-order valence-corrected chi connectivity index (χ2v) is 5.13. The Balaban J connectivity index is 2.83. The van der Waals surface area contributed by atoms with Gasteiger partial charge >= 0.3 is 5.97 Å². The Hall–Kier alpha value is -1.14. The first kappa shape index (κ1) is 15.9. The number of rotatable bonds is 6. The Bertz CT molecular complexity index is 327. The number of hydrogen-bond donors (Lipinski definition) is 2. The second kappa shape index (κ2) is 6.86. The minimum absolute atomic E-state index is 0.0328. The van der Waals surface area contributed by atoms with Gasteiger partial charge in [-0.15, -0.1) is 0 Å². The zero-order valence-corrected chi connectivity index (χ0v) is 11.7. The summed E-state index contributed by atoms with van der Waals surface area (Å²) >= 11 is 0. The maximum absolute atomic E-state index is 12.7. The maximum atomic E-state index is 12.7. The molecule has 1 aliphatic heterocycles. The van der Waals surface area contributed by atoms with Gasteiger partial charge in [-0.05, 0) is 26.7 Å². The van der Waals surface area contributed by atoms with Gasteiger partial charge < -0.3 is 20.5 Å². The molecular weight excluding hydrogens is 248 g/mol. The van der Waals surface area contributed by atoms with Gasteiger partial charge in [0.1, 0.15) is 0 Å². The molecule has 6 nitrogen and oxygen atoms in total. The van der Waals surface area contributed by atoms with Crippen molar-refractivity contribution in [3.05, 3.63) is 0 Å². The van der Waals surface area contributed by atoms with Crippen molar-refractivity contribution in [2.45, 2.75) is 39.2 Å². The lowest BCUT2D eigenvalue weighted by molar-refractivity contribution is -0.150. The van der Waals surface area contributed by atoms with Crippen LogP contribution in [0.15, 0.2) is 0 Å². The predicted octanol–water partition coefficient (Wildman–Crippen LogP) is 0.454. The van der Waals surface area contributed by atoms with Gasteiger partial charge in [-0.25, -0.2) is 0 Å². The minimum Gasteiger partial charge on any atom is -0.481 e. The summed E-state index contributed by atoms with van der Waals surface area (Å²) in [7, 11) is 0. The van der Waals surface area contributed by atoms with Crippen molar-refractivity contribution in [1.29, 1.82) is 0 Å². The smallest absolute Gasteiger partial charge is 0.305 e. The largest absolute Gasteiger partial charge is 0.481 e. The number of nitrogens with two attached hydrogens (primary N) is 1. The van der Waals surface area contributed by atoms with E-state index in [1.807, 2.05) is 6.92 Å². The molecule has 0 radical (unpaired) electrons. The molecule has 0 aromatic carbocycles. The molecule has 0 aromatic heterocycles. The number of carbonyl (C=O) groups excluding carboxylic acids is 1. The molecule has 1 saturated heterocycles. The topological polar surface area (TPSA) is 92.9 Å². The number of carboxylic acid groups (broad SMARTS) is 1. The van der Waals surface area contributed by atoms with Crippen LogP contribution in [0, 0.1) is 5.41 Å². The second-order valence-electron chi connectivity index (χ2n) is 5.13. The first-order chi connectivity index (χ1) is 8.96. The number of carboxylic acids is 1. The molecular formula is C13H24N2O4. The molecule has 1 heterocycles. The van der Waals surface area contributed by atoms with E-state index in [4.69, 9.17) is 15.6 Å². The van der Waals surface area contributed by atoms with E-state index in [-0.39, 0.29) is 24.9 Å². The number of aliphatic carboxylic acids is 1. The van der Waals surface area contributed by atoms with Crippen LogP contribution in [0.2, 0.25) is 0 Å². The Kier molecular flexibility index (Phi) is 5.75. The minimum atomic E-state index is -0.896. The Morgan fingerprint density at radius 2 is 2.00 bits per heavy atom. The van der Waals surface area contributed by atoms with E-state index in [2.05, 4.69) is 0 Å². The third-order valence-corrected chi connectivity index (χ3v) is 3.90. The average molecular weight is 272 g/mol. The van der Waals surface area contributed by atoms with Crippen LogP contribution in [0.5, 0.6) is 0 Å². The molecule has 6 heteroatoms. The van der Waals surface area contributed by atoms with Gasteiger partial charge in [-0.1, -0.05) is 0 Å². The van der Waals surface area contributed by atoms with Gasteiger partial charge in [0.25, 0.3) is 0 Å². The fraction of sp³-hybridized carbons (Fsp3) is 0.846. The lowest BCUT2D eigenvalue weighted by Gasteiger charge is -2.40. The van der Waals surface area contributed by atoms with Gasteiger partial charge in [0.05, 0.1) is 11.8 Å². The lowest BCUT2D eigenvalue weighted by atomic mass is 9.78. The third kappa shape index (κ3) is 3.67. The highest BCUT2D eigenvalue weighted by Gasteiger charge is 2.42. The van der Waals surface area contributed by atoms with Crippen molar-refractivity contribution in [1.82, 2.24) is 4.90 Å². The average Bonchev–Trinajstić information content (AvgIpc) is 2.39. The zero-order chi connectivity index (χ0) is 14.5. The summed E-state index contributed by atoms with van der Waals surface area (Å²) in [6.45, 7) is 5.47. The molecule has 1 rings (SSSR count). The van der Waals surface area contributed by atoms with E-state index in [0.29, 0.717) is 32.6 Å². The third-order valence-electron chi connectivity index (χ3n) is 3.90. The number of ether oxygens (including phenoxy) is 1. The Morgan fingerprint density at radius 1 is 1.42 bits per heavy atom. The van der Waals surface area contributed by atoms with Gasteiger partial charge in [-0.3, -0.25) is 9.59 Å². The number of nitrogens with zero attached hydrogens (tertiary/aromatic N) is 1. The predicted molar refractivity (Wildman–Crippen MR) is 70.6 cm³/mol. The molecule has 0 aromatic rings. The summed E-state index contributed by atoms with van der Waals surface area (Å²) in [5.41, 5.74) is 5.23. The Labute approximate surface area is 113 Å². The van der Waals surface area contributed by atoms with Crippen LogP contribution in [0.3, 0.4) is 0 Å². The summed E-state index contributed by atoms with van der Waals surface area (Å²) in [5, 5.41) is 8.86. The highest BCUT2D eigenvalue weighted by Crippen LogP contribution is 2.32. The van der Waals surface area contributed by atoms with Crippen LogP contribution in [0.1, 0.15) is 33.1 Å². The molecule has 0 bridgehead atoms. The summed E-state index contributed by atoms with van der Waals surface area (Å²) in [6.07, 6.45) is 1.17. The molecule has 3 N–H and O–H groups in total. The van der Waals surface area contributed by atoms with Crippen LogP contribution in [0.25, 0.3) is 0 Å². The van der Waals surface area contributed by atoms with Crippen LogP contribution in [-0.2, 0) is 14.3 Å². The molecule has 0 spiro atoms. The molecule has 1 amide bonds. The first-order valence-corrected chi connectivity index (χ1v) is 6.77. The fourth-order valence-corrected chi connectivity index (χ4v) is 2.59. The molecule has 0 saturated carbocycles. The van der Waals surface area contributed by atoms with Gasteiger partial charge in [0.15, 0.2) is 0 Å². The van der Waals surface area contributed by atoms with Gasteiger partial charge in [0, 0.05) is 32.3 Å². The fourth-order valence-electron chi connectivity index (χ4n) is 2.59. The molecule has 19 heavy (non-hydrogen) atoms. The number of carbonyl (C=O) groups is 2. The highest BCUT2D eigenvalue weighted by molar-refractivity contribution is 5.84. The maximum Gasteiger partial charge on any atom is 0.305 e. The number of hydrogen-bond acceptors (Lipinski definition) is 4. The molecule has 1 fully saturated rings. The summed E-state index contributed by atoms with van der Waals surface area (Å²) < 4.78 is 5.29. The van der Waals surface area contributed by atoms with Crippen molar-refractivity contribution in [3.63, 3.8) is 0 Å². The van der Waals surface area contributed by atoms with Crippen LogP contribution >= 0.6 is 0 Å². The highest BCUT2D eigenvalue weighted by atomic mass is 16.5. The monoisotopic (exact) mass is 272 g/mol. The molecule has 1 atom stereocenters. The summed E-state index contributed by atoms with van der Waals surface area (Å²) in [4.78, 5) is 25.1. The Morgan fingerprint density at radius 3 is 2.42 bits per heavy atom. The van der Waals surface area contributed by atoms with Crippen LogP contribution in [0.4, 0.5) is 0 Å². The van der Waals surface area contributed by atoms with Gasteiger partial charge in [-0.2, -0.15) is 0 Å². The van der Waals surface area contributed by atoms with E-state index >= 15 is 0 Å². The van der Waals surface area contributed by atoms with E-state index < -0.39 is 11.4 Å². The van der Waals surface area contributed by atoms with E-state index in [1.54, 1.807) is 11.8 Å². The van der Waals surface area contributed by atoms with E-state index in [0.717, 1.165) is 0 Å². The lowest BCUT2D eigenvalue weighted by Crippen LogP contribution is -2.53. The van der Waals surface area contributed by atoms with E-state index in [1.165, 1.54) is 0 Å². The van der Waals surface area contributed by atoms with Crippen molar-refractivity contribution < 1.29 is 19.4 Å². The molecule has 0 aliphatic carbocycles. The van der Waals surface area contributed by atoms with Crippen molar-refractivity contribution in [2.24, 2.45) is 11.1 Å². The first-order valence-electron chi connectivity index (χ1n) is 6.77. The quantitative estimate of drug-likeness (QED) is 0.732. The van der Waals surface area contributed by atoms with Gasteiger partial charge in [0.2, 0.25) is 5.91 Å². The van der Waals surface area contributed by atoms with E-state index in [9.17, 15) is 9.59 Å². The standard InChI is InChI=1S/C13H24N2O4/c1-3-15(10(2)8-11(16)17)12(18)13(9-14)4-6-19-7-5-13/h10H,3-9,14H2,1-2H3,(H,16,17). The summed E-state index contributed by atoms with van der Waals surface area (Å²) in [6, 6.07) is -0.318. The van der Waals surface area contributed by atoms with Crippen LogP contribution < -0.4 is 5.73 Å².